The maximum absolute atomic E-state index is 6.10. The SMILES string of the molecule is Cl.Cl.NN(CCc1ccccc1)C1CCNCC1. The molecule has 1 aromatic rings. The van der Waals surface area contributed by atoms with Crippen molar-refractivity contribution < 1.29 is 0 Å². The molecule has 18 heavy (non-hydrogen) atoms. The lowest BCUT2D eigenvalue weighted by Crippen LogP contribution is -2.47. The second-order valence-electron chi connectivity index (χ2n) is 4.45. The average Bonchev–Trinajstić information content (AvgIpc) is 2.38. The summed E-state index contributed by atoms with van der Waals surface area (Å²) >= 11 is 0. The van der Waals surface area contributed by atoms with Gasteiger partial charge in [0, 0.05) is 12.6 Å². The Morgan fingerprint density at radius 1 is 1.11 bits per heavy atom. The highest BCUT2D eigenvalue weighted by atomic mass is 35.5. The Morgan fingerprint density at radius 2 is 1.72 bits per heavy atom. The zero-order chi connectivity index (χ0) is 11.2. The molecule has 3 nitrogen and oxygen atoms in total. The van der Waals surface area contributed by atoms with E-state index in [1.807, 2.05) is 5.01 Å². The van der Waals surface area contributed by atoms with E-state index in [0.717, 1.165) is 26.1 Å². The van der Waals surface area contributed by atoms with E-state index in [2.05, 4.69) is 35.6 Å². The number of rotatable bonds is 4. The summed E-state index contributed by atoms with van der Waals surface area (Å²) in [6.07, 6.45) is 3.39. The number of halogens is 2. The molecule has 104 valence electrons. The molecule has 0 saturated carbocycles. The number of benzene rings is 1. The summed E-state index contributed by atoms with van der Waals surface area (Å²) in [7, 11) is 0. The lowest BCUT2D eigenvalue weighted by molar-refractivity contribution is 0.166. The summed E-state index contributed by atoms with van der Waals surface area (Å²) in [5.41, 5.74) is 1.37. The van der Waals surface area contributed by atoms with E-state index in [0.29, 0.717) is 6.04 Å². The number of nitrogens with zero attached hydrogens (tertiary/aromatic N) is 1. The smallest absolute Gasteiger partial charge is 0.0265 e. The molecule has 1 fully saturated rings. The number of nitrogens with two attached hydrogens (primary N) is 1. The number of hydrazine groups is 1. The Morgan fingerprint density at radius 3 is 2.33 bits per heavy atom. The molecule has 1 heterocycles. The van der Waals surface area contributed by atoms with Crippen molar-refractivity contribution in [2.45, 2.75) is 25.3 Å². The molecule has 0 unspecified atom stereocenters. The van der Waals surface area contributed by atoms with Crippen molar-refractivity contribution >= 4 is 24.8 Å². The van der Waals surface area contributed by atoms with Gasteiger partial charge in [0.15, 0.2) is 0 Å². The molecule has 1 aliphatic rings. The predicted octanol–water partition coefficient (Wildman–Crippen LogP) is 2.00. The van der Waals surface area contributed by atoms with Gasteiger partial charge in [-0.2, -0.15) is 0 Å². The van der Waals surface area contributed by atoms with Gasteiger partial charge in [-0.3, -0.25) is 5.84 Å². The Bertz CT molecular complexity index is 302. The second-order valence-corrected chi connectivity index (χ2v) is 4.45. The van der Waals surface area contributed by atoms with Crippen LogP contribution < -0.4 is 11.2 Å². The fourth-order valence-corrected chi connectivity index (χ4v) is 2.22. The molecular formula is C13H23Cl2N3. The molecule has 1 aliphatic heterocycles. The quantitative estimate of drug-likeness (QED) is 0.659. The normalized spacial score (nSPS) is 15.9. The number of piperidine rings is 1. The lowest BCUT2D eigenvalue weighted by Gasteiger charge is -2.31. The first-order chi connectivity index (χ1) is 7.86. The molecule has 0 spiro atoms. The third-order valence-electron chi connectivity index (χ3n) is 3.28. The summed E-state index contributed by atoms with van der Waals surface area (Å²) < 4.78 is 0. The van der Waals surface area contributed by atoms with Gasteiger partial charge in [-0.15, -0.1) is 24.8 Å². The number of hydrogen-bond acceptors (Lipinski definition) is 3. The van der Waals surface area contributed by atoms with Crippen molar-refractivity contribution in [1.82, 2.24) is 10.3 Å². The van der Waals surface area contributed by atoms with Crippen LogP contribution in [0, 0.1) is 0 Å². The lowest BCUT2D eigenvalue weighted by atomic mass is 10.1. The monoisotopic (exact) mass is 291 g/mol. The van der Waals surface area contributed by atoms with Crippen LogP contribution in [0.5, 0.6) is 0 Å². The Kier molecular flexibility index (Phi) is 9.42. The van der Waals surface area contributed by atoms with Gasteiger partial charge in [0.05, 0.1) is 0 Å². The molecule has 0 radical (unpaired) electrons. The third kappa shape index (κ3) is 5.55. The van der Waals surface area contributed by atoms with E-state index >= 15 is 0 Å². The van der Waals surface area contributed by atoms with Crippen LogP contribution in [0.1, 0.15) is 18.4 Å². The van der Waals surface area contributed by atoms with Gasteiger partial charge in [-0.05, 0) is 37.9 Å². The molecule has 0 bridgehead atoms. The fraction of sp³-hybridized carbons (Fsp3) is 0.538. The molecule has 5 heteroatoms. The van der Waals surface area contributed by atoms with Crippen LogP contribution in [0.25, 0.3) is 0 Å². The predicted molar refractivity (Wildman–Crippen MR) is 81.4 cm³/mol. The summed E-state index contributed by atoms with van der Waals surface area (Å²) in [5, 5.41) is 5.38. The van der Waals surface area contributed by atoms with Gasteiger partial charge >= 0.3 is 0 Å². The maximum atomic E-state index is 6.10. The first-order valence-corrected chi connectivity index (χ1v) is 6.12. The molecule has 0 amide bonds. The van der Waals surface area contributed by atoms with Crippen molar-refractivity contribution in [2.24, 2.45) is 5.84 Å². The van der Waals surface area contributed by atoms with Gasteiger partial charge in [-0.1, -0.05) is 30.3 Å². The summed E-state index contributed by atoms with van der Waals surface area (Å²) in [6.45, 7) is 3.15. The van der Waals surface area contributed by atoms with Gasteiger partial charge in [-0.25, -0.2) is 5.01 Å². The van der Waals surface area contributed by atoms with Crippen molar-refractivity contribution in [3.63, 3.8) is 0 Å². The fourth-order valence-electron chi connectivity index (χ4n) is 2.22. The highest BCUT2D eigenvalue weighted by Gasteiger charge is 2.17. The van der Waals surface area contributed by atoms with E-state index in [-0.39, 0.29) is 24.8 Å². The minimum atomic E-state index is 0. The summed E-state index contributed by atoms with van der Waals surface area (Å²) in [4.78, 5) is 0. The Balaban J connectivity index is 0.00000144. The summed E-state index contributed by atoms with van der Waals surface area (Å²) in [5.74, 6) is 6.10. The van der Waals surface area contributed by atoms with Gasteiger partial charge in [0.1, 0.15) is 0 Å². The molecule has 0 aromatic heterocycles. The zero-order valence-corrected chi connectivity index (χ0v) is 12.2. The van der Waals surface area contributed by atoms with E-state index < -0.39 is 0 Å². The largest absolute Gasteiger partial charge is 0.317 e. The first kappa shape index (κ1) is 17.7. The molecule has 0 atom stereocenters. The van der Waals surface area contributed by atoms with Gasteiger partial charge < -0.3 is 5.32 Å². The van der Waals surface area contributed by atoms with Crippen molar-refractivity contribution in [3.8, 4) is 0 Å². The van der Waals surface area contributed by atoms with E-state index in [9.17, 15) is 0 Å². The van der Waals surface area contributed by atoms with Crippen LogP contribution in [0.2, 0.25) is 0 Å². The number of nitrogens with one attached hydrogen (secondary N) is 1. The van der Waals surface area contributed by atoms with Gasteiger partial charge in [0.25, 0.3) is 0 Å². The Labute approximate surface area is 122 Å². The maximum Gasteiger partial charge on any atom is 0.0265 e. The highest BCUT2D eigenvalue weighted by Crippen LogP contribution is 2.09. The van der Waals surface area contributed by atoms with Crippen LogP contribution in [-0.4, -0.2) is 30.7 Å². The first-order valence-electron chi connectivity index (χ1n) is 6.12. The third-order valence-corrected chi connectivity index (χ3v) is 3.28. The molecular weight excluding hydrogens is 269 g/mol. The molecule has 3 N–H and O–H groups in total. The van der Waals surface area contributed by atoms with Crippen LogP contribution in [0.15, 0.2) is 30.3 Å². The summed E-state index contributed by atoms with van der Waals surface area (Å²) in [6, 6.07) is 11.1. The van der Waals surface area contributed by atoms with Gasteiger partial charge in [0.2, 0.25) is 0 Å². The standard InChI is InChI=1S/C13H21N3.2ClH/c14-16(13-6-9-15-10-7-13)11-8-12-4-2-1-3-5-12;;/h1-5,13,15H,6-11,14H2;2*1H. The molecule has 1 aromatic carbocycles. The van der Waals surface area contributed by atoms with Crippen molar-refractivity contribution in [3.05, 3.63) is 35.9 Å². The minimum absolute atomic E-state index is 0. The highest BCUT2D eigenvalue weighted by molar-refractivity contribution is 5.85. The van der Waals surface area contributed by atoms with Crippen molar-refractivity contribution in [1.29, 1.82) is 0 Å². The topological polar surface area (TPSA) is 41.3 Å². The minimum Gasteiger partial charge on any atom is -0.317 e. The number of hydrogen-bond donors (Lipinski definition) is 2. The average molecular weight is 292 g/mol. The van der Waals surface area contributed by atoms with E-state index in [1.165, 1.54) is 18.4 Å². The molecule has 1 saturated heterocycles. The molecule has 0 aliphatic carbocycles. The van der Waals surface area contributed by atoms with E-state index in [4.69, 9.17) is 5.84 Å². The van der Waals surface area contributed by atoms with Crippen LogP contribution in [-0.2, 0) is 6.42 Å². The van der Waals surface area contributed by atoms with Crippen molar-refractivity contribution in [2.75, 3.05) is 19.6 Å². The van der Waals surface area contributed by atoms with Crippen LogP contribution in [0.4, 0.5) is 0 Å². The zero-order valence-electron chi connectivity index (χ0n) is 10.5. The molecule has 2 rings (SSSR count). The Hall–Kier alpha value is -0.320. The van der Waals surface area contributed by atoms with Crippen LogP contribution in [0.3, 0.4) is 0 Å². The second kappa shape index (κ2) is 9.59. The van der Waals surface area contributed by atoms with Crippen LogP contribution >= 0.6 is 24.8 Å². The van der Waals surface area contributed by atoms with E-state index in [1.54, 1.807) is 0 Å².